The van der Waals surface area contributed by atoms with Crippen LogP contribution in [0.5, 0.6) is 0 Å². The molecule has 1 rings (SSSR count). The average Bonchev–Trinajstić information content (AvgIpc) is 2.29. The minimum atomic E-state index is -0.732. The first-order chi connectivity index (χ1) is 8.10. The number of hydrogen-bond donors (Lipinski definition) is 0. The van der Waals surface area contributed by atoms with Crippen LogP contribution >= 0.6 is 0 Å². The topological polar surface area (TPSA) is 60.4 Å². The van der Waals surface area contributed by atoms with Crippen molar-refractivity contribution in [2.45, 2.75) is 45.4 Å². The van der Waals surface area contributed by atoms with Crippen molar-refractivity contribution in [3.8, 4) is 0 Å². The van der Waals surface area contributed by atoms with E-state index in [0.717, 1.165) is 12.8 Å². The molecule has 96 valence electrons. The zero-order chi connectivity index (χ0) is 12.8. The van der Waals surface area contributed by atoms with Crippen molar-refractivity contribution < 1.29 is 19.1 Å². The molecule has 0 amide bonds. The Kier molecular flexibility index (Phi) is 5.32. The van der Waals surface area contributed by atoms with Crippen LogP contribution in [0.3, 0.4) is 0 Å². The smallest absolute Gasteiger partial charge is 0.316 e. The number of carbonyl (C=O) groups is 3. The Morgan fingerprint density at radius 1 is 1.47 bits per heavy atom. The van der Waals surface area contributed by atoms with Crippen molar-refractivity contribution in [3.63, 3.8) is 0 Å². The average molecular weight is 240 g/mol. The van der Waals surface area contributed by atoms with Gasteiger partial charge in [0.1, 0.15) is 17.5 Å². The van der Waals surface area contributed by atoms with Gasteiger partial charge in [-0.05, 0) is 25.2 Å². The third kappa shape index (κ3) is 3.65. The highest BCUT2D eigenvalue weighted by molar-refractivity contribution is 5.99. The van der Waals surface area contributed by atoms with Crippen molar-refractivity contribution in [1.29, 1.82) is 0 Å². The molecule has 4 heteroatoms. The SMILES string of the molecule is CCCC(=O)C(C(=O)OC)[C@H]1CCCC(=O)C1. The zero-order valence-electron chi connectivity index (χ0n) is 10.5. The number of esters is 1. The second kappa shape index (κ2) is 6.52. The number of methoxy groups -OCH3 is 1. The number of ether oxygens (including phenoxy) is 1. The fraction of sp³-hybridized carbons (Fsp3) is 0.769. The summed E-state index contributed by atoms with van der Waals surface area (Å²) in [6, 6.07) is 0. The predicted octanol–water partition coefficient (Wildman–Crippen LogP) is 1.90. The van der Waals surface area contributed by atoms with Crippen LogP contribution in [0.2, 0.25) is 0 Å². The monoisotopic (exact) mass is 240 g/mol. The van der Waals surface area contributed by atoms with Gasteiger partial charge in [-0.1, -0.05) is 6.92 Å². The number of ketones is 2. The van der Waals surface area contributed by atoms with Gasteiger partial charge in [-0.25, -0.2) is 0 Å². The highest BCUT2D eigenvalue weighted by atomic mass is 16.5. The maximum absolute atomic E-state index is 11.9. The second-order valence-electron chi connectivity index (χ2n) is 4.61. The normalized spacial score (nSPS) is 22.0. The van der Waals surface area contributed by atoms with E-state index >= 15 is 0 Å². The summed E-state index contributed by atoms with van der Waals surface area (Å²) in [5.74, 6) is -1.30. The van der Waals surface area contributed by atoms with Crippen molar-refractivity contribution in [2.24, 2.45) is 11.8 Å². The van der Waals surface area contributed by atoms with E-state index in [1.165, 1.54) is 7.11 Å². The van der Waals surface area contributed by atoms with Gasteiger partial charge in [-0.2, -0.15) is 0 Å². The summed E-state index contributed by atoms with van der Waals surface area (Å²) in [6.07, 6.45) is 3.55. The summed E-state index contributed by atoms with van der Waals surface area (Å²) in [5.41, 5.74) is 0. The fourth-order valence-electron chi connectivity index (χ4n) is 2.46. The lowest BCUT2D eigenvalue weighted by molar-refractivity contribution is -0.152. The van der Waals surface area contributed by atoms with E-state index in [1.807, 2.05) is 6.92 Å². The Morgan fingerprint density at radius 3 is 2.71 bits per heavy atom. The molecule has 2 atom stereocenters. The maximum Gasteiger partial charge on any atom is 0.316 e. The van der Waals surface area contributed by atoms with Gasteiger partial charge in [0.05, 0.1) is 7.11 Å². The first-order valence-electron chi connectivity index (χ1n) is 6.22. The summed E-state index contributed by atoms with van der Waals surface area (Å²) >= 11 is 0. The molecule has 0 heterocycles. The molecule has 0 N–H and O–H groups in total. The van der Waals surface area contributed by atoms with Gasteiger partial charge in [0.25, 0.3) is 0 Å². The van der Waals surface area contributed by atoms with Crippen LogP contribution in [0.4, 0.5) is 0 Å². The Labute approximate surface area is 102 Å². The number of carbonyl (C=O) groups excluding carboxylic acids is 3. The Bertz CT molecular complexity index is 309. The summed E-state index contributed by atoms with van der Waals surface area (Å²) in [5, 5.41) is 0. The van der Waals surface area contributed by atoms with Crippen molar-refractivity contribution in [3.05, 3.63) is 0 Å². The second-order valence-corrected chi connectivity index (χ2v) is 4.61. The van der Waals surface area contributed by atoms with E-state index in [0.29, 0.717) is 25.7 Å². The van der Waals surface area contributed by atoms with Crippen molar-refractivity contribution in [1.82, 2.24) is 0 Å². The fourth-order valence-corrected chi connectivity index (χ4v) is 2.46. The molecule has 1 aliphatic rings. The minimum Gasteiger partial charge on any atom is -0.468 e. The van der Waals surface area contributed by atoms with E-state index in [9.17, 15) is 14.4 Å². The number of rotatable bonds is 5. The van der Waals surface area contributed by atoms with Crippen LogP contribution in [-0.4, -0.2) is 24.6 Å². The molecule has 1 saturated carbocycles. The predicted molar refractivity (Wildman–Crippen MR) is 62.4 cm³/mol. The van der Waals surface area contributed by atoms with Gasteiger partial charge in [0.2, 0.25) is 0 Å². The van der Waals surface area contributed by atoms with Crippen LogP contribution in [0.1, 0.15) is 45.4 Å². The molecule has 0 spiro atoms. The summed E-state index contributed by atoms with van der Waals surface area (Å²) in [4.78, 5) is 35.0. The molecule has 0 aliphatic heterocycles. The van der Waals surface area contributed by atoms with Gasteiger partial charge < -0.3 is 4.74 Å². The highest BCUT2D eigenvalue weighted by Crippen LogP contribution is 2.30. The maximum atomic E-state index is 11.9. The number of hydrogen-bond acceptors (Lipinski definition) is 4. The molecule has 0 aromatic rings. The molecular formula is C13H20O4. The number of Topliss-reactive ketones (excluding diaryl/α,β-unsaturated/α-hetero) is 2. The first kappa shape index (κ1) is 13.9. The molecule has 0 bridgehead atoms. The third-order valence-electron chi connectivity index (χ3n) is 3.29. The highest BCUT2D eigenvalue weighted by Gasteiger charge is 2.37. The van der Waals surface area contributed by atoms with Gasteiger partial charge in [0, 0.05) is 19.3 Å². The Balaban J connectivity index is 2.77. The minimum absolute atomic E-state index is 0.0842. The summed E-state index contributed by atoms with van der Waals surface area (Å²) in [6.45, 7) is 1.90. The van der Waals surface area contributed by atoms with Crippen molar-refractivity contribution >= 4 is 17.5 Å². The van der Waals surface area contributed by atoms with E-state index in [1.54, 1.807) is 0 Å². The van der Waals surface area contributed by atoms with E-state index < -0.39 is 11.9 Å². The van der Waals surface area contributed by atoms with Crippen molar-refractivity contribution in [2.75, 3.05) is 7.11 Å². The van der Waals surface area contributed by atoms with Gasteiger partial charge >= 0.3 is 5.97 Å². The van der Waals surface area contributed by atoms with Crippen LogP contribution < -0.4 is 0 Å². The summed E-state index contributed by atoms with van der Waals surface area (Å²) < 4.78 is 4.70. The Hall–Kier alpha value is -1.19. The molecule has 0 saturated heterocycles. The molecule has 0 radical (unpaired) electrons. The molecule has 0 aromatic carbocycles. The molecule has 1 aliphatic carbocycles. The molecule has 1 fully saturated rings. The van der Waals surface area contributed by atoms with Crippen LogP contribution in [0.15, 0.2) is 0 Å². The third-order valence-corrected chi connectivity index (χ3v) is 3.29. The Morgan fingerprint density at radius 2 is 2.18 bits per heavy atom. The summed E-state index contributed by atoms with van der Waals surface area (Å²) in [7, 11) is 1.29. The lowest BCUT2D eigenvalue weighted by Gasteiger charge is -2.26. The van der Waals surface area contributed by atoms with E-state index in [-0.39, 0.29) is 17.5 Å². The molecule has 4 nitrogen and oxygen atoms in total. The largest absolute Gasteiger partial charge is 0.468 e. The quantitative estimate of drug-likeness (QED) is 0.544. The van der Waals surface area contributed by atoms with Gasteiger partial charge in [-0.15, -0.1) is 0 Å². The first-order valence-corrected chi connectivity index (χ1v) is 6.22. The molecular weight excluding hydrogens is 220 g/mol. The molecule has 1 unspecified atom stereocenters. The lowest BCUT2D eigenvalue weighted by Crippen LogP contribution is -2.35. The van der Waals surface area contributed by atoms with Crippen LogP contribution in [-0.2, 0) is 19.1 Å². The molecule has 0 aromatic heterocycles. The van der Waals surface area contributed by atoms with Crippen LogP contribution in [0, 0.1) is 11.8 Å². The van der Waals surface area contributed by atoms with Gasteiger partial charge in [0.15, 0.2) is 0 Å². The van der Waals surface area contributed by atoms with Crippen LogP contribution in [0.25, 0.3) is 0 Å². The van der Waals surface area contributed by atoms with E-state index in [2.05, 4.69) is 0 Å². The standard InChI is InChI=1S/C13H20O4/c1-3-5-11(15)12(13(16)17-2)9-6-4-7-10(14)8-9/h9,12H,3-8H2,1-2H3/t9-,12?/m0/s1. The van der Waals surface area contributed by atoms with Gasteiger partial charge in [-0.3, -0.25) is 14.4 Å². The lowest BCUT2D eigenvalue weighted by atomic mass is 9.77. The molecule has 17 heavy (non-hydrogen) atoms. The zero-order valence-corrected chi connectivity index (χ0v) is 10.5. The van der Waals surface area contributed by atoms with E-state index in [4.69, 9.17) is 4.74 Å².